The van der Waals surface area contributed by atoms with Crippen molar-refractivity contribution in [2.75, 3.05) is 7.05 Å². The average molecular weight is 465 g/mol. The number of amidine groups is 1. The highest BCUT2D eigenvalue weighted by atomic mass is 16.1. The molecule has 0 spiro atoms. The van der Waals surface area contributed by atoms with Crippen LogP contribution in [-0.4, -0.2) is 44.1 Å². The van der Waals surface area contributed by atoms with Crippen LogP contribution in [0.15, 0.2) is 81.8 Å². The molecule has 0 atom stereocenters. The lowest BCUT2D eigenvalue weighted by atomic mass is 10.1. The number of pyridine rings is 1. The molecule has 0 unspecified atom stereocenters. The van der Waals surface area contributed by atoms with Crippen LogP contribution in [0.2, 0.25) is 0 Å². The van der Waals surface area contributed by atoms with Crippen molar-refractivity contribution in [2.45, 2.75) is 13.5 Å². The molecule has 3 heterocycles. The quantitative estimate of drug-likeness (QED) is 0.295. The Kier molecular flexibility index (Phi) is 5.58. The van der Waals surface area contributed by atoms with Crippen LogP contribution >= 0.6 is 0 Å². The number of aromatic amines is 1. The number of nitrogens with two attached hydrogens (primary N) is 1. The van der Waals surface area contributed by atoms with Crippen LogP contribution < -0.4 is 11.3 Å². The highest BCUT2D eigenvalue weighted by Crippen LogP contribution is 2.31. The van der Waals surface area contributed by atoms with Gasteiger partial charge in [-0.3, -0.25) is 19.5 Å². The summed E-state index contributed by atoms with van der Waals surface area (Å²) in [6.45, 7) is 5.95. The number of fused-ring (bicyclic) bond motifs is 1. The number of aryl methyl sites for hydroxylation is 1. The molecule has 5 aromatic rings. The van der Waals surface area contributed by atoms with Gasteiger partial charge in [-0.05, 0) is 42.8 Å². The molecule has 0 aliphatic heterocycles. The number of nitrogens with zero attached hydrogens (tertiary/aromatic N) is 6. The van der Waals surface area contributed by atoms with Gasteiger partial charge in [0.25, 0.3) is 5.56 Å². The molecule has 3 N–H and O–H groups in total. The minimum atomic E-state index is -0.0908. The first-order chi connectivity index (χ1) is 17.0. The van der Waals surface area contributed by atoms with Crippen LogP contribution in [-0.2, 0) is 6.54 Å². The molecule has 0 radical (unpaired) electrons. The van der Waals surface area contributed by atoms with Gasteiger partial charge in [-0.2, -0.15) is 10.2 Å². The van der Waals surface area contributed by atoms with Crippen molar-refractivity contribution in [3.8, 4) is 16.9 Å². The zero-order chi connectivity index (χ0) is 24.5. The Hall–Kier alpha value is -4.79. The van der Waals surface area contributed by atoms with E-state index in [1.54, 1.807) is 28.7 Å². The standard InChI is InChI=1S/C26H24N8O/c1-16-8-7-9-17-12-20(34(26(35)21(16)17)19-10-5-4-6-11-19)15-33-25(29-3)22(24(27)28-2)23(32-33)18-13-30-31-14-18/h4-14H,3,15H2,1-2H3,(H2,27,28)(H,30,31). The van der Waals surface area contributed by atoms with Crippen molar-refractivity contribution in [3.05, 3.63) is 94.2 Å². The molecule has 0 bridgehead atoms. The van der Waals surface area contributed by atoms with Gasteiger partial charge in [0.05, 0.1) is 23.7 Å². The number of para-hydroxylation sites is 1. The fourth-order valence-corrected chi connectivity index (χ4v) is 4.37. The number of nitrogens with one attached hydrogen (secondary N) is 1. The zero-order valence-electron chi connectivity index (χ0n) is 19.4. The van der Waals surface area contributed by atoms with E-state index in [2.05, 4.69) is 26.9 Å². The van der Waals surface area contributed by atoms with E-state index in [1.165, 1.54) is 0 Å². The minimum Gasteiger partial charge on any atom is -0.383 e. The van der Waals surface area contributed by atoms with Crippen LogP contribution in [0, 0.1) is 6.92 Å². The predicted octanol–water partition coefficient (Wildman–Crippen LogP) is 3.60. The summed E-state index contributed by atoms with van der Waals surface area (Å²) < 4.78 is 3.41. The van der Waals surface area contributed by atoms with Crippen molar-refractivity contribution < 1.29 is 0 Å². The second kappa shape index (κ2) is 8.86. The molecule has 0 amide bonds. The predicted molar refractivity (Wildman–Crippen MR) is 139 cm³/mol. The number of aliphatic imine (C=N–C) groups is 2. The van der Waals surface area contributed by atoms with Crippen LogP contribution in [0.25, 0.3) is 27.7 Å². The van der Waals surface area contributed by atoms with E-state index >= 15 is 0 Å². The van der Waals surface area contributed by atoms with Crippen LogP contribution in [0.3, 0.4) is 0 Å². The molecule has 0 aliphatic carbocycles. The molecule has 5 rings (SSSR count). The van der Waals surface area contributed by atoms with Gasteiger partial charge in [0.2, 0.25) is 0 Å². The summed E-state index contributed by atoms with van der Waals surface area (Å²) in [4.78, 5) is 22.2. The van der Waals surface area contributed by atoms with Crippen LogP contribution in [0.4, 0.5) is 5.82 Å². The number of rotatable bonds is 6. The molecular formula is C26H24N8O. The maximum Gasteiger partial charge on any atom is 0.263 e. The number of aromatic nitrogens is 5. The first-order valence-electron chi connectivity index (χ1n) is 11.0. The molecule has 2 aromatic carbocycles. The number of benzene rings is 2. The topological polar surface area (TPSA) is 119 Å². The zero-order valence-corrected chi connectivity index (χ0v) is 19.4. The van der Waals surface area contributed by atoms with Gasteiger partial charge in [0.15, 0.2) is 5.82 Å². The maximum atomic E-state index is 13.8. The Morgan fingerprint density at radius 1 is 1.17 bits per heavy atom. The monoisotopic (exact) mass is 464 g/mol. The molecule has 0 saturated carbocycles. The largest absolute Gasteiger partial charge is 0.383 e. The number of hydrogen-bond donors (Lipinski definition) is 2. The van der Waals surface area contributed by atoms with E-state index in [4.69, 9.17) is 10.8 Å². The summed E-state index contributed by atoms with van der Waals surface area (Å²) in [6, 6.07) is 17.4. The second-order valence-electron chi connectivity index (χ2n) is 8.11. The third kappa shape index (κ3) is 3.72. The van der Waals surface area contributed by atoms with Crippen molar-refractivity contribution in [3.63, 3.8) is 0 Å². The van der Waals surface area contributed by atoms with Crippen LogP contribution in [0.5, 0.6) is 0 Å². The van der Waals surface area contributed by atoms with Crippen molar-refractivity contribution in [1.29, 1.82) is 0 Å². The van der Waals surface area contributed by atoms with E-state index in [9.17, 15) is 4.79 Å². The lowest BCUT2D eigenvalue weighted by Crippen LogP contribution is -2.24. The number of H-pyrrole nitrogens is 1. The average Bonchev–Trinajstić information content (AvgIpc) is 3.52. The van der Waals surface area contributed by atoms with Crippen molar-refractivity contribution in [2.24, 2.45) is 15.7 Å². The Labute approximate surface area is 201 Å². The van der Waals surface area contributed by atoms with E-state index in [-0.39, 0.29) is 17.9 Å². The highest BCUT2D eigenvalue weighted by molar-refractivity contribution is 6.06. The Bertz CT molecular complexity index is 1630. The summed E-state index contributed by atoms with van der Waals surface area (Å²) in [5, 5.41) is 13.2. The first kappa shape index (κ1) is 22.0. The molecule has 174 valence electrons. The minimum absolute atomic E-state index is 0.0908. The van der Waals surface area contributed by atoms with E-state index in [1.807, 2.05) is 61.5 Å². The summed E-state index contributed by atoms with van der Waals surface area (Å²) in [6.07, 6.45) is 3.38. The summed E-state index contributed by atoms with van der Waals surface area (Å²) in [5.74, 6) is 0.741. The van der Waals surface area contributed by atoms with Gasteiger partial charge in [0, 0.05) is 30.2 Å². The lowest BCUT2D eigenvalue weighted by molar-refractivity contribution is 0.661. The number of hydrogen-bond acceptors (Lipinski definition) is 5. The molecule has 0 fully saturated rings. The first-order valence-corrected chi connectivity index (χ1v) is 11.0. The third-order valence-electron chi connectivity index (χ3n) is 6.00. The molecular weight excluding hydrogens is 440 g/mol. The normalized spacial score (nSPS) is 11.8. The molecule has 3 aromatic heterocycles. The van der Waals surface area contributed by atoms with Gasteiger partial charge < -0.3 is 5.73 Å². The van der Waals surface area contributed by atoms with Crippen LogP contribution in [0.1, 0.15) is 16.8 Å². The fourth-order valence-electron chi connectivity index (χ4n) is 4.37. The van der Waals surface area contributed by atoms with Crippen molar-refractivity contribution in [1.82, 2.24) is 24.5 Å². The van der Waals surface area contributed by atoms with Gasteiger partial charge in [0.1, 0.15) is 11.5 Å². The third-order valence-corrected chi connectivity index (χ3v) is 6.00. The second-order valence-corrected chi connectivity index (χ2v) is 8.11. The SMILES string of the molecule is C=Nc1c(/C(N)=N\C)c(-c2cn[nH]c2)nn1Cc1cc2cccc(C)c2c(=O)n1-c1ccccc1. The van der Waals surface area contributed by atoms with E-state index in [0.717, 1.165) is 27.9 Å². The lowest BCUT2D eigenvalue weighted by Gasteiger charge is -2.16. The van der Waals surface area contributed by atoms with Gasteiger partial charge in [-0.1, -0.05) is 36.4 Å². The molecule has 9 heteroatoms. The van der Waals surface area contributed by atoms with Gasteiger partial charge in [-0.25, -0.2) is 9.67 Å². The molecule has 35 heavy (non-hydrogen) atoms. The fraction of sp³-hybridized carbons (Fsp3) is 0.115. The van der Waals surface area contributed by atoms with E-state index in [0.29, 0.717) is 22.5 Å². The van der Waals surface area contributed by atoms with Gasteiger partial charge >= 0.3 is 0 Å². The molecule has 0 saturated heterocycles. The Morgan fingerprint density at radius 2 is 1.97 bits per heavy atom. The summed E-state index contributed by atoms with van der Waals surface area (Å²) in [5.41, 5.74) is 10.5. The molecule has 9 nitrogen and oxygen atoms in total. The summed E-state index contributed by atoms with van der Waals surface area (Å²) in [7, 11) is 1.61. The van der Waals surface area contributed by atoms with Crippen molar-refractivity contribution >= 4 is 29.1 Å². The Balaban J connectivity index is 1.78. The van der Waals surface area contributed by atoms with E-state index < -0.39 is 0 Å². The smallest absolute Gasteiger partial charge is 0.263 e. The molecule has 0 aliphatic rings. The van der Waals surface area contributed by atoms with Gasteiger partial charge in [-0.15, -0.1) is 0 Å². The highest BCUT2D eigenvalue weighted by Gasteiger charge is 2.23. The summed E-state index contributed by atoms with van der Waals surface area (Å²) >= 11 is 0. The maximum absolute atomic E-state index is 13.8. The Morgan fingerprint density at radius 3 is 2.66 bits per heavy atom.